The minimum absolute atomic E-state index is 0.296. The minimum Gasteiger partial charge on any atom is -0.485 e. The highest BCUT2D eigenvalue weighted by Gasteiger charge is 2.37. The molecular weight excluding hydrogens is 446 g/mol. The van der Waals surface area contributed by atoms with Gasteiger partial charge in [-0.1, -0.05) is 54.6 Å². The smallest absolute Gasteiger partial charge is 0.308 e. The SMILES string of the molecule is CC(=O)Oc1c(C)c(C)c2c(c1C)CCC(C)(CN(c1ccccc1)c1cccc3ccccc13)O2. The van der Waals surface area contributed by atoms with Gasteiger partial charge in [0.2, 0.25) is 0 Å². The maximum atomic E-state index is 11.7. The number of benzene rings is 4. The van der Waals surface area contributed by atoms with Crippen LogP contribution in [-0.4, -0.2) is 18.1 Å². The van der Waals surface area contributed by atoms with Gasteiger partial charge >= 0.3 is 5.97 Å². The normalized spacial score (nSPS) is 16.8. The molecule has 1 atom stereocenters. The van der Waals surface area contributed by atoms with E-state index in [4.69, 9.17) is 9.47 Å². The number of hydrogen-bond donors (Lipinski definition) is 0. The maximum Gasteiger partial charge on any atom is 0.308 e. The Morgan fingerprint density at radius 1 is 0.917 bits per heavy atom. The number of anilines is 2. The van der Waals surface area contributed by atoms with Gasteiger partial charge in [0.1, 0.15) is 17.1 Å². The Labute approximate surface area is 213 Å². The molecule has 0 fully saturated rings. The summed E-state index contributed by atoms with van der Waals surface area (Å²) in [6.07, 6.45) is 1.72. The molecule has 1 unspecified atom stereocenters. The van der Waals surface area contributed by atoms with Crippen molar-refractivity contribution in [2.45, 2.75) is 53.1 Å². The fraction of sp³-hybridized carbons (Fsp3) is 0.281. The molecule has 0 N–H and O–H groups in total. The van der Waals surface area contributed by atoms with Gasteiger partial charge in [0.15, 0.2) is 0 Å². The Morgan fingerprint density at radius 2 is 1.61 bits per heavy atom. The van der Waals surface area contributed by atoms with E-state index < -0.39 is 5.60 Å². The van der Waals surface area contributed by atoms with Crippen LogP contribution in [0.15, 0.2) is 72.8 Å². The molecule has 36 heavy (non-hydrogen) atoms. The van der Waals surface area contributed by atoms with Gasteiger partial charge in [-0.2, -0.15) is 0 Å². The molecule has 184 valence electrons. The zero-order valence-corrected chi connectivity index (χ0v) is 21.7. The number of fused-ring (bicyclic) bond motifs is 2. The Hall–Kier alpha value is -3.79. The molecule has 1 aliphatic rings. The fourth-order valence-electron chi connectivity index (χ4n) is 5.39. The van der Waals surface area contributed by atoms with Crippen molar-refractivity contribution < 1.29 is 14.3 Å². The number of carbonyl (C=O) groups is 1. The van der Waals surface area contributed by atoms with Crippen LogP contribution in [0.25, 0.3) is 10.8 Å². The van der Waals surface area contributed by atoms with Crippen molar-refractivity contribution in [3.63, 3.8) is 0 Å². The van der Waals surface area contributed by atoms with E-state index in [2.05, 4.69) is 91.5 Å². The Morgan fingerprint density at radius 3 is 2.36 bits per heavy atom. The maximum absolute atomic E-state index is 11.7. The van der Waals surface area contributed by atoms with Crippen molar-refractivity contribution in [2.24, 2.45) is 0 Å². The van der Waals surface area contributed by atoms with Crippen molar-refractivity contribution in [1.82, 2.24) is 0 Å². The summed E-state index contributed by atoms with van der Waals surface area (Å²) >= 11 is 0. The van der Waals surface area contributed by atoms with E-state index in [1.807, 2.05) is 13.8 Å². The number of carbonyl (C=O) groups excluding carboxylic acids is 1. The van der Waals surface area contributed by atoms with Crippen LogP contribution in [0, 0.1) is 20.8 Å². The predicted molar refractivity (Wildman–Crippen MR) is 147 cm³/mol. The van der Waals surface area contributed by atoms with Crippen LogP contribution in [0.4, 0.5) is 11.4 Å². The summed E-state index contributed by atoms with van der Waals surface area (Å²) in [6.45, 7) is 10.5. The van der Waals surface area contributed by atoms with Gasteiger partial charge in [-0.05, 0) is 80.8 Å². The second-order valence-electron chi connectivity index (χ2n) is 10.1. The average molecular weight is 480 g/mol. The molecule has 1 aliphatic heterocycles. The summed E-state index contributed by atoms with van der Waals surface area (Å²) in [4.78, 5) is 14.1. The topological polar surface area (TPSA) is 38.8 Å². The van der Waals surface area contributed by atoms with Crippen LogP contribution in [0.3, 0.4) is 0 Å². The highest BCUT2D eigenvalue weighted by molar-refractivity contribution is 5.96. The van der Waals surface area contributed by atoms with Gasteiger partial charge in [-0.25, -0.2) is 0 Å². The molecule has 4 aromatic rings. The molecule has 0 bridgehead atoms. The number of rotatable bonds is 5. The number of nitrogens with zero attached hydrogens (tertiary/aromatic N) is 1. The van der Waals surface area contributed by atoms with Crippen LogP contribution >= 0.6 is 0 Å². The van der Waals surface area contributed by atoms with Gasteiger partial charge in [0.25, 0.3) is 0 Å². The van der Waals surface area contributed by atoms with Crippen molar-refractivity contribution in [3.8, 4) is 11.5 Å². The van der Waals surface area contributed by atoms with E-state index >= 15 is 0 Å². The fourth-order valence-corrected chi connectivity index (χ4v) is 5.39. The van der Waals surface area contributed by atoms with Crippen LogP contribution in [0.2, 0.25) is 0 Å². The Balaban J connectivity index is 1.56. The third-order valence-electron chi connectivity index (χ3n) is 7.43. The van der Waals surface area contributed by atoms with Gasteiger partial charge < -0.3 is 14.4 Å². The van der Waals surface area contributed by atoms with Crippen molar-refractivity contribution in [3.05, 3.63) is 95.1 Å². The molecule has 0 saturated carbocycles. The second kappa shape index (κ2) is 9.34. The predicted octanol–water partition coefficient (Wildman–Crippen LogP) is 7.61. The zero-order chi connectivity index (χ0) is 25.4. The van der Waals surface area contributed by atoms with E-state index in [9.17, 15) is 4.79 Å². The van der Waals surface area contributed by atoms with E-state index in [0.717, 1.165) is 46.5 Å². The van der Waals surface area contributed by atoms with Gasteiger partial charge in [0.05, 0.1) is 6.54 Å². The van der Waals surface area contributed by atoms with Gasteiger partial charge in [0, 0.05) is 29.2 Å². The Kier molecular flexibility index (Phi) is 6.21. The van der Waals surface area contributed by atoms with E-state index in [1.54, 1.807) is 0 Å². The first-order chi connectivity index (χ1) is 17.3. The van der Waals surface area contributed by atoms with E-state index in [0.29, 0.717) is 12.3 Å². The van der Waals surface area contributed by atoms with E-state index in [1.165, 1.54) is 23.4 Å². The zero-order valence-electron chi connectivity index (χ0n) is 21.7. The third-order valence-corrected chi connectivity index (χ3v) is 7.43. The summed E-state index contributed by atoms with van der Waals surface area (Å²) in [7, 11) is 0. The summed E-state index contributed by atoms with van der Waals surface area (Å²) in [5.41, 5.74) is 6.03. The van der Waals surface area contributed by atoms with E-state index in [-0.39, 0.29) is 5.97 Å². The van der Waals surface area contributed by atoms with Crippen molar-refractivity contribution in [1.29, 1.82) is 0 Å². The quantitative estimate of drug-likeness (QED) is 0.218. The summed E-state index contributed by atoms with van der Waals surface area (Å²) in [6, 6.07) is 25.5. The molecule has 0 aliphatic carbocycles. The summed E-state index contributed by atoms with van der Waals surface area (Å²) < 4.78 is 12.5. The second-order valence-corrected chi connectivity index (χ2v) is 10.1. The lowest BCUT2D eigenvalue weighted by Gasteiger charge is -2.42. The molecular formula is C32H33NO3. The number of ether oxygens (including phenoxy) is 2. The lowest BCUT2D eigenvalue weighted by Crippen LogP contribution is -2.46. The van der Waals surface area contributed by atoms with Crippen LogP contribution in [-0.2, 0) is 11.2 Å². The average Bonchev–Trinajstić information content (AvgIpc) is 2.88. The number of hydrogen-bond acceptors (Lipinski definition) is 4. The summed E-state index contributed by atoms with van der Waals surface area (Å²) in [5.74, 6) is 1.31. The third kappa shape index (κ3) is 4.32. The molecule has 4 aromatic carbocycles. The largest absolute Gasteiger partial charge is 0.485 e. The number of esters is 1. The minimum atomic E-state index is -0.410. The molecule has 4 nitrogen and oxygen atoms in total. The van der Waals surface area contributed by atoms with Gasteiger partial charge in [-0.15, -0.1) is 0 Å². The van der Waals surface area contributed by atoms with Crippen LogP contribution < -0.4 is 14.4 Å². The lowest BCUT2D eigenvalue weighted by molar-refractivity contribution is -0.132. The standard InChI is InChI=1S/C32H33NO3/c1-21-22(2)31-27(23(3)30(21)35-24(4)34)18-19-32(5,36-31)20-33(26-14-7-6-8-15-26)29-17-11-13-25-12-9-10-16-28(25)29/h6-17H,18-20H2,1-5H3. The highest BCUT2D eigenvalue weighted by atomic mass is 16.5. The molecule has 0 saturated heterocycles. The van der Waals surface area contributed by atoms with Crippen LogP contribution in [0.1, 0.15) is 42.5 Å². The first kappa shape index (κ1) is 23.9. The molecule has 0 aromatic heterocycles. The highest BCUT2D eigenvalue weighted by Crippen LogP contribution is 2.45. The monoisotopic (exact) mass is 479 g/mol. The summed E-state index contributed by atoms with van der Waals surface area (Å²) in [5, 5.41) is 2.44. The Bertz CT molecular complexity index is 1440. The molecule has 1 heterocycles. The molecule has 5 rings (SSSR count). The molecule has 4 heteroatoms. The molecule has 0 spiro atoms. The van der Waals surface area contributed by atoms with Crippen molar-refractivity contribution in [2.75, 3.05) is 11.4 Å². The first-order valence-corrected chi connectivity index (χ1v) is 12.6. The van der Waals surface area contributed by atoms with Crippen LogP contribution in [0.5, 0.6) is 11.5 Å². The first-order valence-electron chi connectivity index (χ1n) is 12.6. The van der Waals surface area contributed by atoms with Gasteiger partial charge in [-0.3, -0.25) is 4.79 Å². The molecule has 0 amide bonds. The molecule has 0 radical (unpaired) electrons. The lowest BCUT2D eigenvalue weighted by atomic mass is 9.86. The number of para-hydroxylation sites is 1. The van der Waals surface area contributed by atoms with Crippen molar-refractivity contribution >= 4 is 28.1 Å².